The molecular formula is C9H16N2O3S. The molecule has 0 aliphatic heterocycles. The van der Waals surface area contributed by atoms with Crippen molar-refractivity contribution in [3.05, 3.63) is 17.0 Å². The van der Waals surface area contributed by atoms with Crippen LogP contribution in [0, 0.1) is 13.8 Å². The summed E-state index contributed by atoms with van der Waals surface area (Å²) in [6.07, 6.45) is 0. The molecule has 1 heterocycles. The summed E-state index contributed by atoms with van der Waals surface area (Å²) in [5.41, 5.74) is 1.53. The van der Waals surface area contributed by atoms with Crippen molar-refractivity contribution in [2.24, 2.45) is 0 Å². The van der Waals surface area contributed by atoms with Crippen LogP contribution in [0.2, 0.25) is 0 Å². The van der Waals surface area contributed by atoms with Gasteiger partial charge in [0.1, 0.15) is 5.76 Å². The average Bonchev–Trinajstić information content (AvgIpc) is 2.45. The molecule has 1 aromatic rings. The van der Waals surface area contributed by atoms with Crippen LogP contribution in [-0.2, 0) is 10.0 Å². The molecule has 1 N–H and O–H groups in total. The third-order valence-electron chi connectivity index (χ3n) is 2.26. The van der Waals surface area contributed by atoms with E-state index in [9.17, 15) is 8.42 Å². The van der Waals surface area contributed by atoms with Crippen LogP contribution in [-0.4, -0.2) is 19.3 Å². The molecule has 6 heteroatoms. The summed E-state index contributed by atoms with van der Waals surface area (Å²) >= 11 is 0. The average molecular weight is 232 g/mol. The lowest BCUT2D eigenvalue weighted by molar-refractivity contribution is 0.391. The van der Waals surface area contributed by atoms with Crippen LogP contribution in [0.15, 0.2) is 4.52 Å². The molecular weight excluding hydrogens is 216 g/mol. The number of nitrogens with zero attached hydrogens (tertiary/aromatic N) is 1. The first-order chi connectivity index (χ1) is 6.87. The van der Waals surface area contributed by atoms with Crippen molar-refractivity contribution in [2.45, 2.75) is 33.7 Å². The van der Waals surface area contributed by atoms with Crippen LogP contribution in [0.3, 0.4) is 0 Å². The fraction of sp³-hybridized carbons (Fsp3) is 0.667. The number of hydrogen-bond acceptors (Lipinski definition) is 4. The summed E-state index contributed by atoms with van der Waals surface area (Å²) < 4.78 is 30.3. The van der Waals surface area contributed by atoms with E-state index < -0.39 is 10.0 Å². The molecule has 5 nitrogen and oxygen atoms in total. The molecule has 1 aromatic heterocycles. The molecule has 0 amide bonds. The summed E-state index contributed by atoms with van der Waals surface area (Å²) in [7, 11) is -3.20. The zero-order valence-electron chi connectivity index (χ0n) is 9.36. The number of sulfonamides is 1. The quantitative estimate of drug-likeness (QED) is 0.849. The van der Waals surface area contributed by atoms with Crippen molar-refractivity contribution in [3.8, 4) is 0 Å². The van der Waals surface area contributed by atoms with Gasteiger partial charge < -0.3 is 4.52 Å². The van der Waals surface area contributed by atoms with E-state index in [-0.39, 0.29) is 11.8 Å². The largest absolute Gasteiger partial charge is 0.361 e. The lowest BCUT2D eigenvalue weighted by Gasteiger charge is -2.12. The molecule has 0 saturated heterocycles. The van der Waals surface area contributed by atoms with Crippen LogP contribution in [0.4, 0.5) is 0 Å². The van der Waals surface area contributed by atoms with Gasteiger partial charge in [0.25, 0.3) is 0 Å². The zero-order chi connectivity index (χ0) is 11.6. The lowest BCUT2D eigenvalue weighted by Crippen LogP contribution is -2.28. The molecule has 0 aromatic carbocycles. The molecule has 1 rings (SSSR count). The van der Waals surface area contributed by atoms with Gasteiger partial charge in [0, 0.05) is 11.6 Å². The number of aryl methyl sites for hydroxylation is 2. The monoisotopic (exact) mass is 232 g/mol. The number of aromatic nitrogens is 1. The lowest BCUT2D eigenvalue weighted by atomic mass is 10.1. The fourth-order valence-corrected chi connectivity index (χ4v) is 2.34. The predicted molar refractivity (Wildman–Crippen MR) is 57.0 cm³/mol. The Hall–Kier alpha value is -0.880. The molecule has 0 spiro atoms. The maximum absolute atomic E-state index is 11.4. The molecule has 0 aliphatic rings. The molecule has 0 fully saturated rings. The summed E-state index contributed by atoms with van der Waals surface area (Å²) in [6.45, 7) is 6.94. The maximum Gasteiger partial charge on any atom is 0.211 e. The summed E-state index contributed by atoms with van der Waals surface area (Å²) in [4.78, 5) is 0. The molecule has 0 aliphatic carbocycles. The van der Waals surface area contributed by atoms with Gasteiger partial charge in [0.2, 0.25) is 10.0 Å². The minimum Gasteiger partial charge on any atom is -0.361 e. The minimum absolute atomic E-state index is 0.0702. The summed E-state index contributed by atoms with van der Waals surface area (Å²) in [6, 6.07) is -0.304. The van der Waals surface area contributed by atoms with Crippen molar-refractivity contribution in [3.63, 3.8) is 0 Å². The van der Waals surface area contributed by atoms with Crippen molar-refractivity contribution < 1.29 is 12.9 Å². The third kappa shape index (κ3) is 2.79. The zero-order valence-corrected chi connectivity index (χ0v) is 10.2. The van der Waals surface area contributed by atoms with Crippen LogP contribution >= 0.6 is 0 Å². The van der Waals surface area contributed by atoms with Crippen LogP contribution in [0.1, 0.15) is 36.9 Å². The number of nitrogens with one attached hydrogen (secondary N) is 1. The smallest absolute Gasteiger partial charge is 0.211 e. The van der Waals surface area contributed by atoms with Crippen molar-refractivity contribution >= 4 is 10.0 Å². The highest BCUT2D eigenvalue weighted by Gasteiger charge is 2.20. The Morgan fingerprint density at radius 1 is 1.47 bits per heavy atom. The highest BCUT2D eigenvalue weighted by Crippen LogP contribution is 2.21. The third-order valence-corrected chi connectivity index (χ3v) is 3.73. The molecule has 1 atom stereocenters. The van der Waals surface area contributed by atoms with Gasteiger partial charge >= 0.3 is 0 Å². The molecule has 1 unspecified atom stereocenters. The van der Waals surface area contributed by atoms with Crippen molar-refractivity contribution in [1.82, 2.24) is 9.88 Å². The van der Waals surface area contributed by atoms with Gasteiger partial charge in [-0.25, -0.2) is 13.1 Å². The topological polar surface area (TPSA) is 72.2 Å². The van der Waals surface area contributed by atoms with Crippen LogP contribution in [0.25, 0.3) is 0 Å². The summed E-state index contributed by atoms with van der Waals surface area (Å²) in [5.74, 6) is 0.722. The van der Waals surface area contributed by atoms with E-state index in [1.54, 1.807) is 27.7 Å². The summed E-state index contributed by atoms with van der Waals surface area (Å²) in [5, 5.41) is 3.78. The van der Waals surface area contributed by atoms with Crippen LogP contribution in [0.5, 0.6) is 0 Å². The highest BCUT2D eigenvalue weighted by molar-refractivity contribution is 7.89. The van der Waals surface area contributed by atoms with E-state index in [1.165, 1.54) is 0 Å². The molecule has 0 saturated carbocycles. The molecule has 15 heavy (non-hydrogen) atoms. The minimum atomic E-state index is -3.20. The van der Waals surface area contributed by atoms with E-state index in [1.807, 2.05) is 0 Å². The van der Waals surface area contributed by atoms with E-state index in [4.69, 9.17) is 4.52 Å². The molecule has 86 valence electrons. The van der Waals surface area contributed by atoms with E-state index >= 15 is 0 Å². The standard InChI is InChI=1S/C9H16N2O3S/c1-5-15(12,13)11-7(3)9-6(2)10-14-8(9)4/h7,11H,5H2,1-4H3. The van der Waals surface area contributed by atoms with Gasteiger partial charge in [0.05, 0.1) is 11.4 Å². The highest BCUT2D eigenvalue weighted by atomic mass is 32.2. The second kappa shape index (κ2) is 4.32. The first-order valence-corrected chi connectivity index (χ1v) is 6.45. The Bertz CT molecular complexity index is 417. The van der Waals surface area contributed by atoms with E-state index in [0.717, 1.165) is 11.3 Å². The second-order valence-corrected chi connectivity index (χ2v) is 5.52. The Morgan fingerprint density at radius 2 is 2.07 bits per heavy atom. The van der Waals surface area contributed by atoms with E-state index in [0.29, 0.717) is 5.76 Å². The van der Waals surface area contributed by atoms with Gasteiger partial charge in [-0.1, -0.05) is 5.16 Å². The Kier molecular flexibility index (Phi) is 3.51. The SMILES string of the molecule is CCS(=O)(=O)NC(C)c1c(C)noc1C. The Balaban J connectivity index is 2.91. The normalized spacial score (nSPS) is 14.1. The van der Waals surface area contributed by atoms with Gasteiger partial charge in [-0.3, -0.25) is 0 Å². The van der Waals surface area contributed by atoms with Gasteiger partial charge in [-0.2, -0.15) is 0 Å². The van der Waals surface area contributed by atoms with Crippen molar-refractivity contribution in [1.29, 1.82) is 0 Å². The van der Waals surface area contributed by atoms with E-state index in [2.05, 4.69) is 9.88 Å². The Morgan fingerprint density at radius 3 is 2.47 bits per heavy atom. The first-order valence-electron chi connectivity index (χ1n) is 4.80. The first kappa shape index (κ1) is 12.2. The number of hydrogen-bond donors (Lipinski definition) is 1. The molecule has 0 bridgehead atoms. The number of rotatable bonds is 4. The Labute approximate surface area is 89.9 Å². The van der Waals surface area contributed by atoms with Gasteiger partial charge in [0.15, 0.2) is 0 Å². The van der Waals surface area contributed by atoms with Crippen molar-refractivity contribution in [2.75, 3.05) is 5.75 Å². The predicted octanol–water partition coefficient (Wildman–Crippen LogP) is 1.29. The maximum atomic E-state index is 11.4. The fourth-order valence-electron chi connectivity index (χ4n) is 1.52. The van der Waals surface area contributed by atoms with Crippen LogP contribution < -0.4 is 4.72 Å². The van der Waals surface area contributed by atoms with Gasteiger partial charge in [-0.15, -0.1) is 0 Å². The van der Waals surface area contributed by atoms with Gasteiger partial charge in [-0.05, 0) is 27.7 Å². The molecule has 0 radical (unpaired) electrons. The second-order valence-electron chi connectivity index (χ2n) is 3.48.